The topological polar surface area (TPSA) is 64.3 Å². The molecule has 1 aromatic rings. The van der Waals surface area contributed by atoms with Gasteiger partial charge in [0.25, 0.3) is 0 Å². The van der Waals surface area contributed by atoms with E-state index >= 15 is 0 Å². The lowest BCUT2D eigenvalue weighted by molar-refractivity contribution is 0.0350. The first-order chi connectivity index (χ1) is 8.08. The lowest BCUT2D eigenvalue weighted by atomic mass is 9.90. The Balaban J connectivity index is 1.88. The Morgan fingerprint density at radius 2 is 2.06 bits per heavy atom. The first-order valence-corrected chi connectivity index (χ1v) is 6.79. The molecule has 17 heavy (non-hydrogen) atoms. The van der Waals surface area contributed by atoms with Gasteiger partial charge in [0.05, 0.1) is 13.2 Å². The number of nitrogens with two attached hydrogens (primary N) is 1. The van der Waals surface area contributed by atoms with E-state index in [0.717, 1.165) is 44.3 Å². The Morgan fingerprint density at radius 1 is 1.35 bits per heavy atom. The van der Waals surface area contributed by atoms with E-state index < -0.39 is 0 Å². The summed E-state index contributed by atoms with van der Waals surface area (Å²) in [6.45, 7) is 9.26. The van der Waals surface area contributed by atoms with Gasteiger partial charge in [0.1, 0.15) is 5.01 Å². The maximum absolute atomic E-state index is 5.63. The molecule has 0 bridgehead atoms. The Kier molecular flexibility index (Phi) is 3.96. The summed E-state index contributed by atoms with van der Waals surface area (Å²) >= 11 is 1.49. The van der Waals surface area contributed by atoms with E-state index in [2.05, 4.69) is 28.9 Å². The highest BCUT2D eigenvalue weighted by atomic mass is 32.1. The molecule has 0 radical (unpaired) electrons. The fourth-order valence-corrected chi connectivity index (χ4v) is 2.62. The molecular weight excluding hydrogens is 236 g/mol. The second-order valence-corrected chi connectivity index (χ2v) is 6.04. The molecule has 2 N–H and O–H groups in total. The molecule has 0 unspecified atom stereocenters. The van der Waals surface area contributed by atoms with Crippen molar-refractivity contribution < 1.29 is 4.74 Å². The van der Waals surface area contributed by atoms with Gasteiger partial charge in [-0.25, -0.2) is 0 Å². The number of hydrogen-bond acceptors (Lipinski definition) is 6. The number of hydrogen-bond donors (Lipinski definition) is 1. The third kappa shape index (κ3) is 3.37. The molecule has 0 aromatic carbocycles. The van der Waals surface area contributed by atoms with Crippen LogP contribution in [0, 0.1) is 0 Å². The molecule has 1 aliphatic heterocycles. The Labute approximate surface area is 106 Å². The van der Waals surface area contributed by atoms with Gasteiger partial charge in [0.15, 0.2) is 0 Å². The molecule has 0 spiro atoms. The van der Waals surface area contributed by atoms with E-state index in [9.17, 15) is 0 Å². The van der Waals surface area contributed by atoms with Crippen LogP contribution >= 0.6 is 11.3 Å². The van der Waals surface area contributed by atoms with Gasteiger partial charge < -0.3 is 10.5 Å². The fourth-order valence-electron chi connectivity index (χ4n) is 1.88. The van der Waals surface area contributed by atoms with E-state index in [4.69, 9.17) is 10.5 Å². The van der Waals surface area contributed by atoms with Gasteiger partial charge in [-0.1, -0.05) is 25.2 Å². The highest BCUT2D eigenvalue weighted by Crippen LogP contribution is 2.30. The summed E-state index contributed by atoms with van der Waals surface area (Å²) in [4.78, 5) is 2.44. The number of ether oxygens (including phenoxy) is 1. The van der Waals surface area contributed by atoms with Gasteiger partial charge in [0, 0.05) is 18.5 Å². The van der Waals surface area contributed by atoms with Crippen LogP contribution in [0.25, 0.3) is 0 Å². The quantitative estimate of drug-likeness (QED) is 0.874. The molecule has 5 nitrogen and oxygen atoms in total. The van der Waals surface area contributed by atoms with Crippen molar-refractivity contribution in [2.75, 3.05) is 38.6 Å². The zero-order valence-corrected chi connectivity index (χ0v) is 11.3. The van der Waals surface area contributed by atoms with Crippen LogP contribution in [0.3, 0.4) is 0 Å². The van der Waals surface area contributed by atoms with Gasteiger partial charge in [-0.05, 0) is 13.0 Å². The van der Waals surface area contributed by atoms with Crippen LogP contribution < -0.4 is 5.73 Å². The SMILES string of the molecule is CC(C)(CCN1CCOCC1)c1nnc(N)s1. The summed E-state index contributed by atoms with van der Waals surface area (Å²) in [6, 6.07) is 0. The van der Waals surface area contributed by atoms with Crippen LogP contribution in [0.2, 0.25) is 0 Å². The number of nitrogen functional groups attached to an aromatic ring is 1. The van der Waals surface area contributed by atoms with Crippen molar-refractivity contribution >= 4 is 16.5 Å². The van der Waals surface area contributed by atoms with Crippen LogP contribution in [0.5, 0.6) is 0 Å². The third-order valence-corrected chi connectivity index (χ3v) is 4.29. The van der Waals surface area contributed by atoms with Gasteiger partial charge in [0.2, 0.25) is 5.13 Å². The molecule has 1 fully saturated rings. The monoisotopic (exact) mass is 256 g/mol. The average Bonchev–Trinajstić information content (AvgIpc) is 2.76. The van der Waals surface area contributed by atoms with Crippen molar-refractivity contribution in [3.8, 4) is 0 Å². The van der Waals surface area contributed by atoms with Crippen LogP contribution in [0.15, 0.2) is 0 Å². The first kappa shape index (κ1) is 12.7. The van der Waals surface area contributed by atoms with E-state index in [1.807, 2.05) is 0 Å². The lowest BCUT2D eigenvalue weighted by Crippen LogP contribution is -2.38. The Morgan fingerprint density at radius 3 is 2.65 bits per heavy atom. The molecule has 0 amide bonds. The highest BCUT2D eigenvalue weighted by molar-refractivity contribution is 7.15. The van der Waals surface area contributed by atoms with Crippen LogP contribution in [-0.2, 0) is 10.2 Å². The molecule has 1 saturated heterocycles. The zero-order chi connectivity index (χ0) is 12.3. The smallest absolute Gasteiger partial charge is 0.203 e. The van der Waals surface area contributed by atoms with Crippen molar-refractivity contribution in [2.45, 2.75) is 25.7 Å². The summed E-state index contributed by atoms with van der Waals surface area (Å²) in [5, 5.41) is 9.63. The van der Waals surface area contributed by atoms with E-state index in [1.54, 1.807) is 0 Å². The molecule has 0 saturated carbocycles. The standard InChI is InChI=1S/C11H20N4OS/c1-11(2,9-13-14-10(12)17-9)3-4-15-5-7-16-8-6-15/h3-8H2,1-2H3,(H2,12,14). The number of aromatic nitrogens is 2. The number of morpholine rings is 1. The molecular formula is C11H20N4OS. The minimum atomic E-state index is 0.0492. The minimum absolute atomic E-state index is 0.0492. The van der Waals surface area contributed by atoms with Crippen molar-refractivity contribution in [3.63, 3.8) is 0 Å². The average molecular weight is 256 g/mol. The highest BCUT2D eigenvalue weighted by Gasteiger charge is 2.26. The van der Waals surface area contributed by atoms with Crippen LogP contribution in [0.1, 0.15) is 25.3 Å². The molecule has 0 atom stereocenters. The predicted molar refractivity (Wildman–Crippen MR) is 69.2 cm³/mol. The molecule has 2 heterocycles. The van der Waals surface area contributed by atoms with E-state index in [-0.39, 0.29) is 5.41 Å². The molecule has 0 aliphatic carbocycles. The fraction of sp³-hybridized carbons (Fsp3) is 0.818. The molecule has 6 heteroatoms. The summed E-state index contributed by atoms with van der Waals surface area (Å²) < 4.78 is 5.34. The van der Waals surface area contributed by atoms with Crippen LogP contribution in [0.4, 0.5) is 5.13 Å². The van der Waals surface area contributed by atoms with E-state index in [0.29, 0.717) is 5.13 Å². The Bertz CT molecular complexity index is 360. The number of rotatable bonds is 4. The van der Waals surface area contributed by atoms with Gasteiger partial charge in [-0.3, -0.25) is 4.90 Å². The second-order valence-electron chi connectivity index (χ2n) is 5.03. The maximum Gasteiger partial charge on any atom is 0.203 e. The normalized spacial score (nSPS) is 18.5. The lowest BCUT2D eigenvalue weighted by Gasteiger charge is -2.30. The Hall–Kier alpha value is -0.720. The largest absolute Gasteiger partial charge is 0.379 e. The molecule has 1 aliphatic rings. The van der Waals surface area contributed by atoms with Crippen molar-refractivity contribution in [1.82, 2.24) is 15.1 Å². The van der Waals surface area contributed by atoms with Gasteiger partial charge >= 0.3 is 0 Å². The molecule has 2 rings (SSSR count). The number of anilines is 1. The number of nitrogens with zero attached hydrogens (tertiary/aromatic N) is 3. The molecule has 96 valence electrons. The second kappa shape index (κ2) is 5.29. The first-order valence-electron chi connectivity index (χ1n) is 5.97. The minimum Gasteiger partial charge on any atom is -0.379 e. The van der Waals surface area contributed by atoms with Gasteiger partial charge in [-0.2, -0.15) is 0 Å². The van der Waals surface area contributed by atoms with E-state index in [1.165, 1.54) is 11.3 Å². The summed E-state index contributed by atoms with van der Waals surface area (Å²) in [5.74, 6) is 0. The van der Waals surface area contributed by atoms with Gasteiger partial charge in [-0.15, -0.1) is 10.2 Å². The molecule has 1 aromatic heterocycles. The summed E-state index contributed by atoms with van der Waals surface area (Å²) in [6.07, 6.45) is 1.07. The van der Waals surface area contributed by atoms with Crippen molar-refractivity contribution in [2.24, 2.45) is 0 Å². The predicted octanol–water partition coefficient (Wildman–Crippen LogP) is 1.12. The zero-order valence-electron chi connectivity index (χ0n) is 10.5. The summed E-state index contributed by atoms with van der Waals surface area (Å²) in [5.41, 5.74) is 5.68. The summed E-state index contributed by atoms with van der Waals surface area (Å²) in [7, 11) is 0. The van der Waals surface area contributed by atoms with Crippen molar-refractivity contribution in [1.29, 1.82) is 0 Å². The third-order valence-electron chi connectivity index (χ3n) is 3.18. The van der Waals surface area contributed by atoms with Crippen molar-refractivity contribution in [3.05, 3.63) is 5.01 Å². The van der Waals surface area contributed by atoms with Crippen LogP contribution in [-0.4, -0.2) is 47.9 Å². The maximum atomic E-state index is 5.63.